The fourth-order valence-electron chi connectivity index (χ4n) is 2.53. The van der Waals surface area contributed by atoms with Crippen molar-refractivity contribution in [1.29, 1.82) is 0 Å². The molecule has 2 rings (SSSR count). The average Bonchev–Trinajstić information content (AvgIpc) is 3.08. The molecule has 0 unspecified atom stereocenters. The molecule has 128 valence electrons. The van der Waals surface area contributed by atoms with Crippen molar-refractivity contribution in [2.24, 2.45) is 0 Å². The van der Waals surface area contributed by atoms with Crippen LogP contribution in [0.2, 0.25) is 0 Å². The molecule has 0 radical (unpaired) electrons. The van der Waals surface area contributed by atoms with Gasteiger partial charge in [-0.2, -0.15) is 0 Å². The highest BCUT2D eigenvalue weighted by atomic mass is 16.2. The second kappa shape index (κ2) is 8.86. The van der Waals surface area contributed by atoms with E-state index < -0.39 is 0 Å². The molecule has 1 aliphatic heterocycles. The molecular formula is C18H23N3O3. The molecule has 1 aliphatic rings. The summed E-state index contributed by atoms with van der Waals surface area (Å²) in [6.45, 7) is 3.47. The molecule has 0 aliphatic carbocycles. The first kappa shape index (κ1) is 17.7. The predicted molar refractivity (Wildman–Crippen MR) is 93.2 cm³/mol. The fraction of sp³-hybridized carbons (Fsp3) is 0.389. The van der Waals surface area contributed by atoms with Crippen molar-refractivity contribution in [1.82, 2.24) is 10.2 Å². The van der Waals surface area contributed by atoms with E-state index in [9.17, 15) is 14.4 Å². The van der Waals surface area contributed by atoms with E-state index in [1.54, 1.807) is 18.2 Å². The van der Waals surface area contributed by atoms with E-state index in [1.807, 2.05) is 17.0 Å². The van der Waals surface area contributed by atoms with E-state index in [2.05, 4.69) is 10.6 Å². The van der Waals surface area contributed by atoms with Crippen molar-refractivity contribution >= 4 is 29.5 Å². The average molecular weight is 329 g/mol. The van der Waals surface area contributed by atoms with Crippen LogP contribution in [-0.2, 0) is 14.4 Å². The Balaban J connectivity index is 1.72. The van der Waals surface area contributed by atoms with Crippen molar-refractivity contribution in [2.75, 3.05) is 25.0 Å². The number of rotatable bonds is 6. The Morgan fingerprint density at radius 3 is 2.42 bits per heavy atom. The topological polar surface area (TPSA) is 78.5 Å². The summed E-state index contributed by atoms with van der Waals surface area (Å²) in [5.41, 5.74) is 1.57. The summed E-state index contributed by atoms with van der Waals surface area (Å²) in [7, 11) is 0. The van der Waals surface area contributed by atoms with Gasteiger partial charge in [-0.3, -0.25) is 14.4 Å². The van der Waals surface area contributed by atoms with Crippen LogP contribution in [0.4, 0.5) is 5.69 Å². The number of nitrogens with one attached hydrogen (secondary N) is 2. The minimum absolute atomic E-state index is 0.102. The number of hydrogen-bond donors (Lipinski definition) is 2. The molecule has 1 fully saturated rings. The van der Waals surface area contributed by atoms with Gasteiger partial charge in [-0.15, -0.1) is 0 Å². The highest BCUT2D eigenvalue weighted by Gasteiger charge is 2.17. The van der Waals surface area contributed by atoms with Crippen molar-refractivity contribution in [2.45, 2.75) is 26.2 Å². The molecule has 0 atom stereocenters. The SMILES string of the molecule is CC(=O)Nc1ccc(/C=C/C(=O)NCCC(=O)N2CCCC2)cc1. The summed E-state index contributed by atoms with van der Waals surface area (Å²) in [5, 5.41) is 5.39. The third kappa shape index (κ3) is 5.87. The van der Waals surface area contributed by atoms with E-state index in [1.165, 1.54) is 13.0 Å². The molecule has 3 amide bonds. The van der Waals surface area contributed by atoms with Gasteiger partial charge in [-0.05, 0) is 36.6 Å². The van der Waals surface area contributed by atoms with Crippen molar-refractivity contribution < 1.29 is 14.4 Å². The van der Waals surface area contributed by atoms with Gasteiger partial charge in [-0.1, -0.05) is 12.1 Å². The summed E-state index contributed by atoms with van der Waals surface area (Å²) in [6, 6.07) is 7.17. The van der Waals surface area contributed by atoms with Crippen LogP contribution in [0.25, 0.3) is 6.08 Å². The Hall–Kier alpha value is -2.63. The van der Waals surface area contributed by atoms with Gasteiger partial charge in [0.1, 0.15) is 0 Å². The minimum Gasteiger partial charge on any atom is -0.352 e. The van der Waals surface area contributed by atoms with E-state index in [-0.39, 0.29) is 17.7 Å². The number of amides is 3. The molecule has 1 saturated heterocycles. The molecule has 0 bridgehead atoms. The molecule has 6 nitrogen and oxygen atoms in total. The summed E-state index contributed by atoms with van der Waals surface area (Å²) in [5.74, 6) is -0.248. The van der Waals surface area contributed by atoms with Crippen LogP contribution in [0.3, 0.4) is 0 Å². The summed E-state index contributed by atoms with van der Waals surface area (Å²) >= 11 is 0. The molecule has 6 heteroatoms. The standard InChI is InChI=1S/C18H23N3O3/c1-14(22)20-16-7-4-15(5-8-16)6-9-17(23)19-11-10-18(24)21-12-2-3-13-21/h4-9H,2-3,10-13H2,1H3,(H,19,23)(H,20,22)/b9-6+. The number of carbonyl (C=O) groups excluding carboxylic acids is 3. The maximum atomic E-state index is 11.8. The molecule has 1 aromatic carbocycles. The van der Waals surface area contributed by atoms with Gasteiger partial charge in [0.15, 0.2) is 0 Å². The molecule has 2 N–H and O–H groups in total. The number of benzene rings is 1. The quantitative estimate of drug-likeness (QED) is 0.781. The third-order valence-corrected chi connectivity index (χ3v) is 3.76. The van der Waals surface area contributed by atoms with Gasteiger partial charge in [-0.25, -0.2) is 0 Å². The molecule has 0 aromatic heterocycles. The largest absolute Gasteiger partial charge is 0.352 e. The lowest BCUT2D eigenvalue weighted by Crippen LogP contribution is -2.32. The maximum absolute atomic E-state index is 11.8. The Kier molecular flexibility index (Phi) is 6.54. The van der Waals surface area contributed by atoms with Gasteiger partial charge in [0.25, 0.3) is 0 Å². The number of hydrogen-bond acceptors (Lipinski definition) is 3. The number of anilines is 1. The van der Waals surface area contributed by atoms with Crippen LogP contribution in [0, 0.1) is 0 Å². The highest BCUT2D eigenvalue weighted by Crippen LogP contribution is 2.11. The van der Waals surface area contributed by atoms with Gasteiger partial charge in [0, 0.05) is 44.7 Å². The second-order valence-corrected chi connectivity index (χ2v) is 5.77. The fourth-order valence-corrected chi connectivity index (χ4v) is 2.53. The van der Waals surface area contributed by atoms with Gasteiger partial charge in [0.2, 0.25) is 17.7 Å². The van der Waals surface area contributed by atoms with Crippen molar-refractivity contribution in [3.8, 4) is 0 Å². The Morgan fingerprint density at radius 1 is 1.12 bits per heavy atom. The third-order valence-electron chi connectivity index (χ3n) is 3.76. The number of likely N-dealkylation sites (tertiary alicyclic amines) is 1. The maximum Gasteiger partial charge on any atom is 0.244 e. The first-order chi connectivity index (χ1) is 11.5. The van der Waals surface area contributed by atoms with Crippen LogP contribution in [0.15, 0.2) is 30.3 Å². The predicted octanol–water partition coefficient (Wildman–Crippen LogP) is 1.79. The van der Waals surface area contributed by atoms with Crippen LogP contribution in [-0.4, -0.2) is 42.3 Å². The van der Waals surface area contributed by atoms with Gasteiger partial charge < -0.3 is 15.5 Å². The van der Waals surface area contributed by atoms with Crippen molar-refractivity contribution in [3.05, 3.63) is 35.9 Å². The Bertz CT molecular complexity index is 617. The smallest absolute Gasteiger partial charge is 0.244 e. The molecule has 24 heavy (non-hydrogen) atoms. The lowest BCUT2D eigenvalue weighted by Gasteiger charge is -2.14. The molecular weight excluding hydrogens is 306 g/mol. The highest BCUT2D eigenvalue weighted by molar-refractivity contribution is 5.92. The van der Waals surface area contributed by atoms with E-state index >= 15 is 0 Å². The summed E-state index contributed by atoms with van der Waals surface area (Å²) in [4.78, 5) is 36.4. The lowest BCUT2D eigenvalue weighted by atomic mass is 10.2. The molecule has 0 saturated carbocycles. The molecule has 1 aromatic rings. The summed E-state index contributed by atoms with van der Waals surface area (Å²) in [6.07, 6.45) is 5.61. The van der Waals surface area contributed by atoms with E-state index in [0.717, 1.165) is 31.5 Å². The Morgan fingerprint density at radius 2 is 1.79 bits per heavy atom. The number of carbonyl (C=O) groups is 3. The van der Waals surface area contributed by atoms with Crippen LogP contribution >= 0.6 is 0 Å². The zero-order valence-corrected chi connectivity index (χ0v) is 13.9. The van der Waals surface area contributed by atoms with Crippen LogP contribution in [0.5, 0.6) is 0 Å². The molecule has 0 spiro atoms. The zero-order chi connectivity index (χ0) is 17.4. The first-order valence-corrected chi connectivity index (χ1v) is 8.16. The van der Waals surface area contributed by atoms with E-state index in [4.69, 9.17) is 0 Å². The first-order valence-electron chi connectivity index (χ1n) is 8.16. The summed E-state index contributed by atoms with van der Waals surface area (Å²) < 4.78 is 0. The normalized spacial score (nSPS) is 14.0. The Labute approximate surface area is 141 Å². The minimum atomic E-state index is -0.227. The van der Waals surface area contributed by atoms with Crippen LogP contribution < -0.4 is 10.6 Å². The van der Waals surface area contributed by atoms with Crippen LogP contribution in [0.1, 0.15) is 31.7 Å². The monoisotopic (exact) mass is 329 g/mol. The van der Waals surface area contributed by atoms with E-state index in [0.29, 0.717) is 18.7 Å². The molecule has 1 heterocycles. The van der Waals surface area contributed by atoms with Gasteiger partial charge >= 0.3 is 0 Å². The number of nitrogens with zero attached hydrogens (tertiary/aromatic N) is 1. The van der Waals surface area contributed by atoms with Crippen molar-refractivity contribution in [3.63, 3.8) is 0 Å². The van der Waals surface area contributed by atoms with Gasteiger partial charge in [0.05, 0.1) is 0 Å². The lowest BCUT2D eigenvalue weighted by molar-refractivity contribution is -0.130. The second-order valence-electron chi connectivity index (χ2n) is 5.77. The zero-order valence-electron chi connectivity index (χ0n) is 13.9.